The van der Waals surface area contributed by atoms with Gasteiger partial charge >= 0.3 is 7.32 Å². The molecule has 0 atom stereocenters. The minimum Gasteiger partial charge on any atom is -0.402 e. The van der Waals surface area contributed by atoms with Crippen LogP contribution < -0.4 is 0 Å². The van der Waals surface area contributed by atoms with Gasteiger partial charge in [-0.15, -0.1) is 0 Å². The van der Waals surface area contributed by atoms with Crippen molar-refractivity contribution in [3.05, 3.63) is 78.9 Å². The molecule has 0 radical (unpaired) electrons. The zero-order valence-corrected chi connectivity index (χ0v) is 12.9. The van der Waals surface area contributed by atoms with E-state index in [2.05, 4.69) is 66.7 Å². The first-order valence-electron chi connectivity index (χ1n) is 7.53. The lowest BCUT2D eigenvalue weighted by atomic mass is 9.99. The molecular weight excluding hydrogens is 301 g/mol. The Morgan fingerprint density at radius 1 is 0.667 bits per heavy atom. The lowest BCUT2D eigenvalue weighted by Gasteiger charge is -2.08. The van der Waals surface area contributed by atoms with Gasteiger partial charge in [-0.1, -0.05) is 60.7 Å². The predicted octanol–water partition coefficient (Wildman–Crippen LogP) is 3.00. The Bertz CT molecular complexity index is 955. The summed E-state index contributed by atoms with van der Waals surface area (Å²) in [4.78, 5) is 4.76. The van der Waals surface area contributed by atoms with Crippen molar-refractivity contribution >= 4 is 29.1 Å². The van der Waals surface area contributed by atoms with E-state index < -0.39 is 7.32 Å². The average Bonchev–Trinajstić information content (AvgIpc) is 2.60. The van der Waals surface area contributed by atoms with Gasteiger partial charge in [0, 0.05) is 10.8 Å². The van der Waals surface area contributed by atoms with Gasteiger partial charge in [0.05, 0.1) is 11.0 Å². The van der Waals surface area contributed by atoms with Crippen LogP contribution in [0.5, 0.6) is 0 Å². The first kappa shape index (κ1) is 16.1. The van der Waals surface area contributed by atoms with E-state index in [9.17, 15) is 0 Å². The van der Waals surface area contributed by atoms with Crippen LogP contribution in [0.2, 0.25) is 0 Å². The Balaban J connectivity index is 0.000000383. The van der Waals surface area contributed by atoms with Gasteiger partial charge in [-0.2, -0.15) is 0 Å². The number of rotatable bonds is 1. The monoisotopic (exact) mass is 317 g/mol. The second kappa shape index (κ2) is 7.23. The summed E-state index contributed by atoms with van der Waals surface area (Å²) in [7, 11) is -2.17. The van der Waals surface area contributed by atoms with Crippen LogP contribution >= 0.6 is 0 Å². The van der Waals surface area contributed by atoms with E-state index in [-0.39, 0.29) is 0 Å². The van der Waals surface area contributed by atoms with Crippen LogP contribution in [0.3, 0.4) is 0 Å². The summed E-state index contributed by atoms with van der Waals surface area (Å²) >= 11 is 0. The highest BCUT2D eigenvalue weighted by atomic mass is 16.5. The first-order chi connectivity index (χ1) is 11.6. The normalized spacial score (nSPS) is 10.3. The van der Waals surface area contributed by atoms with E-state index in [4.69, 9.17) is 20.1 Å². The molecule has 0 saturated carbocycles. The fraction of sp³-hybridized carbons (Fsp3) is 0. The standard InChI is InChI=1S/C19H13N.BH3O3/c1-2-7-14(8-3-1)16-10-6-12-19-17(16)13-15-9-4-5-11-18(15)20-19;2-1(3)4/h1-13H;2-4H. The largest absolute Gasteiger partial charge is 0.631 e. The maximum atomic E-state index is 7.17. The van der Waals surface area contributed by atoms with Gasteiger partial charge in [-0.05, 0) is 29.3 Å². The van der Waals surface area contributed by atoms with Gasteiger partial charge in [0.25, 0.3) is 0 Å². The van der Waals surface area contributed by atoms with Crippen LogP contribution in [-0.4, -0.2) is 27.4 Å². The molecule has 1 heterocycles. The van der Waals surface area contributed by atoms with Crippen molar-refractivity contribution in [2.45, 2.75) is 0 Å². The van der Waals surface area contributed by atoms with Crippen LogP contribution in [0, 0.1) is 0 Å². The topological polar surface area (TPSA) is 73.6 Å². The van der Waals surface area contributed by atoms with Crippen LogP contribution in [0.1, 0.15) is 0 Å². The van der Waals surface area contributed by atoms with E-state index in [1.807, 2.05) is 12.1 Å². The average molecular weight is 317 g/mol. The molecule has 0 aliphatic rings. The van der Waals surface area contributed by atoms with E-state index >= 15 is 0 Å². The van der Waals surface area contributed by atoms with Crippen LogP contribution in [0.15, 0.2) is 78.9 Å². The second-order valence-electron chi connectivity index (χ2n) is 5.27. The maximum absolute atomic E-state index is 7.17. The van der Waals surface area contributed by atoms with Crippen molar-refractivity contribution in [2.24, 2.45) is 0 Å². The van der Waals surface area contributed by atoms with Crippen molar-refractivity contribution < 1.29 is 15.1 Å². The minimum atomic E-state index is -2.17. The van der Waals surface area contributed by atoms with Crippen LogP contribution in [-0.2, 0) is 0 Å². The summed E-state index contributed by atoms with van der Waals surface area (Å²) in [6.07, 6.45) is 0. The summed E-state index contributed by atoms with van der Waals surface area (Å²) < 4.78 is 0. The van der Waals surface area contributed by atoms with E-state index in [1.54, 1.807) is 0 Å². The third-order valence-electron chi connectivity index (χ3n) is 3.65. The molecule has 0 saturated heterocycles. The van der Waals surface area contributed by atoms with Crippen molar-refractivity contribution in [3.8, 4) is 11.1 Å². The zero-order valence-electron chi connectivity index (χ0n) is 12.9. The minimum absolute atomic E-state index is 1.05. The SMILES string of the molecule is OB(O)O.c1ccc(-c2cccc3nc4ccccc4cc23)cc1. The highest BCUT2D eigenvalue weighted by molar-refractivity contribution is 6.30. The number of para-hydroxylation sites is 1. The molecular formula is C19H16BNO3. The molecule has 24 heavy (non-hydrogen) atoms. The third-order valence-corrected chi connectivity index (χ3v) is 3.65. The number of benzene rings is 3. The summed E-state index contributed by atoms with van der Waals surface area (Å²) in [5.41, 5.74) is 4.56. The molecule has 0 spiro atoms. The Kier molecular flexibility index (Phi) is 4.86. The van der Waals surface area contributed by atoms with Gasteiger partial charge in [-0.25, -0.2) is 4.98 Å². The molecule has 0 fully saturated rings. The molecule has 0 aliphatic carbocycles. The van der Waals surface area contributed by atoms with E-state index in [0.29, 0.717) is 0 Å². The molecule has 0 bridgehead atoms. The summed E-state index contributed by atoms with van der Waals surface area (Å²) in [6, 6.07) is 27.3. The van der Waals surface area contributed by atoms with Crippen LogP contribution in [0.25, 0.3) is 32.9 Å². The first-order valence-corrected chi connectivity index (χ1v) is 7.53. The fourth-order valence-corrected chi connectivity index (χ4v) is 2.67. The summed E-state index contributed by atoms with van der Waals surface area (Å²) in [5, 5.41) is 23.9. The van der Waals surface area contributed by atoms with Crippen molar-refractivity contribution in [1.82, 2.24) is 4.98 Å². The van der Waals surface area contributed by atoms with Gasteiger partial charge < -0.3 is 15.1 Å². The highest BCUT2D eigenvalue weighted by Crippen LogP contribution is 2.29. The van der Waals surface area contributed by atoms with Crippen molar-refractivity contribution in [3.63, 3.8) is 0 Å². The molecule has 0 unspecified atom stereocenters. The Labute approximate surface area is 139 Å². The van der Waals surface area contributed by atoms with Gasteiger partial charge in [0.15, 0.2) is 0 Å². The number of pyridine rings is 1. The molecule has 4 nitrogen and oxygen atoms in total. The van der Waals surface area contributed by atoms with Gasteiger partial charge in [0.2, 0.25) is 0 Å². The van der Waals surface area contributed by atoms with Crippen molar-refractivity contribution in [2.75, 3.05) is 0 Å². The predicted molar refractivity (Wildman–Crippen MR) is 97.1 cm³/mol. The number of fused-ring (bicyclic) bond motifs is 2. The third kappa shape index (κ3) is 3.60. The molecule has 4 aromatic rings. The number of nitrogens with zero attached hydrogens (tertiary/aromatic N) is 1. The Morgan fingerprint density at radius 2 is 1.29 bits per heavy atom. The molecule has 3 aromatic carbocycles. The lowest BCUT2D eigenvalue weighted by molar-refractivity contribution is 0.278. The lowest BCUT2D eigenvalue weighted by Crippen LogP contribution is -2.07. The molecule has 1 aromatic heterocycles. The quantitative estimate of drug-likeness (QED) is 0.373. The van der Waals surface area contributed by atoms with Gasteiger partial charge in [-0.3, -0.25) is 0 Å². The molecule has 5 heteroatoms. The Hall–Kier alpha value is -2.73. The second-order valence-corrected chi connectivity index (χ2v) is 5.27. The molecule has 4 rings (SSSR count). The van der Waals surface area contributed by atoms with Crippen LogP contribution in [0.4, 0.5) is 0 Å². The van der Waals surface area contributed by atoms with E-state index in [1.165, 1.54) is 21.9 Å². The molecule has 0 amide bonds. The highest BCUT2D eigenvalue weighted by Gasteiger charge is 2.05. The summed E-state index contributed by atoms with van der Waals surface area (Å²) in [5.74, 6) is 0. The Morgan fingerprint density at radius 3 is 2.04 bits per heavy atom. The van der Waals surface area contributed by atoms with Gasteiger partial charge in [0.1, 0.15) is 0 Å². The summed E-state index contributed by atoms with van der Waals surface area (Å²) in [6.45, 7) is 0. The number of aromatic nitrogens is 1. The smallest absolute Gasteiger partial charge is 0.402 e. The zero-order chi connectivity index (χ0) is 16.9. The van der Waals surface area contributed by atoms with E-state index in [0.717, 1.165) is 11.0 Å². The fourth-order valence-electron chi connectivity index (χ4n) is 2.67. The molecule has 0 aliphatic heterocycles. The molecule has 118 valence electrons. The number of hydrogen-bond acceptors (Lipinski definition) is 4. The molecule has 3 N–H and O–H groups in total. The number of hydrogen-bond donors (Lipinski definition) is 3. The maximum Gasteiger partial charge on any atom is 0.631 e. The van der Waals surface area contributed by atoms with Crippen molar-refractivity contribution in [1.29, 1.82) is 0 Å².